The summed E-state index contributed by atoms with van der Waals surface area (Å²) >= 11 is 0. The quantitative estimate of drug-likeness (QED) is 0.919. The van der Waals surface area contributed by atoms with Crippen molar-refractivity contribution in [3.8, 4) is 17.6 Å². The molecule has 3 nitrogen and oxygen atoms in total. The molecule has 4 heteroatoms. The summed E-state index contributed by atoms with van der Waals surface area (Å²) in [5, 5.41) is 12.1. The normalized spacial score (nSPS) is 11.7. The number of para-hydroxylation sites is 1. The maximum Gasteiger partial charge on any atom is 0.145 e. The molecule has 2 aromatic carbocycles. The Kier molecular flexibility index (Phi) is 4.34. The largest absolute Gasteiger partial charge is 0.456 e. The van der Waals surface area contributed by atoms with Crippen LogP contribution >= 0.6 is 0 Å². The van der Waals surface area contributed by atoms with E-state index in [-0.39, 0.29) is 11.9 Å². The zero-order valence-electron chi connectivity index (χ0n) is 11.4. The highest BCUT2D eigenvalue weighted by Gasteiger charge is 2.13. The highest BCUT2D eigenvalue weighted by atomic mass is 19.1. The van der Waals surface area contributed by atoms with Crippen LogP contribution in [0.1, 0.15) is 24.1 Å². The van der Waals surface area contributed by atoms with Crippen molar-refractivity contribution in [3.63, 3.8) is 0 Å². The molecule has 0 saturated carbocycles. The van der Waals surface area contributed by atoms with Crippen molar-refractivity contribution in [1.82, 2.24) is 5.32 Å². The Balaban J connectivity index is 2.41. The van der Waals surface area contributed by atoms with Crippen LogP contribution in [0.4, 0.5) is 4.39 Å². The molecule has 1 unspecified atom stereocenters. The minimum atomic E-state index is -0.317. The molecule has 0 aliphatic rings. The minimum absolute atomic E-state index is 0.0602. The number of benzene rings is 2. The number of ether oxygens (including phenoxy) is 1. The molecule has 2 rings (SSSR count). The van der Waals surface area contributed by atoms with Crippen molar-refractivity contribution in [2.45, 2.75) is 13.0 Å². The van der Waals surface area contributed by atoms with Crippen molar-refractivity contribution in [2.75, 3.05) is 7.05 Å². The molecule has 0 bridgehead atoms. The maximum absolute atomic E-state index is 13.4. The van der Waals surface area contributed by atoms with Gasteiger partial charge in [0.1, 0.15) is 23.4 Å². The Morgan fingerprint density at radius 3 is 2.65 bits per heavy atom. The summed E-state index contributed by atoms with van der Waals surface area (Å²) in [4.78, 5) is 0. The number of rotatable bonds is 4. The highest BCUT2D eigenvalue weighted by molar-refractivity contribution is 5.47. The van der Waals surface area contributed by atoms with Gasteiger partial charge in [0, 0.05) is 11.6 Å². The fraction of sp³-hybridized carbons (Fsp3) is 0.188. The van der Waals surface area contributed by atoms with Gasteiger partial charge in [0.2, 0.25) is 0 Å². The van der Waals surface area contributed by atoms with E-state index >= 15 is 0 Å². The summed E-state index contributed by atoms with van der Waals surface area (Å²) in [6, 6.07) is 13.3. The lowest BCUT2D eigenvalue weighted by molar-refractivity contribution is 0.462. The van der Waals surface area contributed by atoms with Crippen molar-refractivity contribution < 1.29 is 9.13 Å². The Morgan fingerprint density at radius 2 is 1.95 bits per heavy atom. The Labute approximate surface area is 117 Å². The van der Waals surface area contributed by atoms with Crippen molar-refractivity contribution in [1.29, 1.82) is 5.26 Å². The van der Waals surface area contributed by atoms with Crippen LogP contribution in [0.25, 0.3) is 0 Å². The number of hydrogen-bond donors (Lipinski definition) is 1. The van der Waals surface area contributed by atoms with E-state index < -0.39 is 0 Å². The molecule has 0 radical (unpaired) electrons. The predicted molar refractivity (Wildman–Crippen MR) is 75.1 cm³/mol. The van der Waals surface area contributed by atoms with Crippen LogP contribution in [0, 0.1) is 17.1 Å². The predicted octanol–water partition coefficient (Wildman–Crippen LogP) is 3.77. The summed E-state index contributed by atoms with van der Waals surface area (Å²) in [5.41, 5.74) is 1.15. The molecule has 0 saturated heterocycles. The maximum atomic E-state index is 13.4. The first-order chi connectivity index (χ1) is 9.65. The first kappa shape index (κ1) is 14.0. The van der Waals surface area contributed by atoms with Gasteiger partial charge in [-0.15, -0.1) is 0 Å². The van der Waals surface area contributed by atoms with Gasteiger partial charge in [0.25, 0.3) is 0 Å². The van der Waals surface area contributed by atoms with Gasteiger partial charge in [0.15, 0.2) is 0 Å². The van der Waals surface area contributed by atoms with Gasteiger partial charge in [0.05, 0.1) is 5.56 Å². The molecule has 0 amide bonds. The summed E-state index contributed by atoms with van der Waals surface area (Å²) in [6.45, 7) is 1.91. The molecule has 0 fully saturated rings. The monoisotopic (exact) mass is 270 g/mol. The molecule has 0 aromatic heterocycles. The lowest BCUT2D eigenvalue weighted by Gasteiger charge is -2.17. The molecule has 2 aromatic rings. The first-order valence-corrected chi connectivity index (χ1v) is 6.29. The lowest BCUT2D eigenvalue weighted by Crippen LogP contribution is -2.13. The third kappa shape index (κ3) is 2.95. The fourth-order valence-electron chi connectivity index (χ4n) is 1.87. The zero-order valence-corrected chi connectivity index (χ0v) is 11.4. The third-order valence-corrected chi connectivity index (χ3v) is 3.10. The Morgan fingerprint density at radius 1 is 1.20 bits per heavy atom. The van der Waals surface area contributed by atoms with E-state index in [1.165, 1.54) is 12.1 Å². The molecule has 0 spiro atoms. The highest BCUT2D eigenvalue weighted by Crippen LogP contribution is 2.31. The van der Waals surface area contributed by atoms with E-state index in [2.05, 4.69) is 11.4 Å². The second kappa shape index (κ2) is 6.18. The van der Waals surface area contributed by atoms with E-state index in [1.54, 1.807) is 37.4 Å². The van der Waals surface area contributed by atoms with Crippen LogP contribution in [0.3, 0.4) is 0 Å². The molecule has 102 valence electrons. The summed E-state index contributed by atoms with van der Waals surface area (Å²) in [5.74, 6) is 0.685. The minimum Gasteiger partial charge on any atom is -0.456 e. The zero-order chi connectivity index (χ0) is 14.5. The topological polar surface area (TPSA) is 45.0 Å². The number of halogens is 1. The molecule has 20 heavy (non-hydrogen) atoms. The fourth-order valence-corrected chi connectivity index (χ4v) is 1.87. The first-order valence-electron chi connectivity index (χ1n) is 6.29. The van der Waals surface area contributed by atoms with Crippen LogP contribution < -0.4 is 10.1 Å². The van der Waals surface area contributed by atoms with Gasteiger partial charge < -0.3 is 10.1 Å². The Hall–Kier alpha value is -2.38. The number of nitrogens with one attached hydrogen (secondary N) is 1. The molecule has 0 aliphatic carbocycles. The van der Waals surface area contributed by atoms with E-state index in [0.717, 1.165) is 0 Å². The van der Waals surface area contributed by atoms with Crippen LogP contribution in [0.5, 0.6) is 11.5 Å². The van der Waals surface area contributed by atoms with Gasteiger partial charge in [-0.1, -0.05) is 12.1 Å². The lowest BCUT2D eigenvalue weighted by atomic mass is 10.1. The van der Waals surface area contributed by atoms with Crippen LogP contribution in [-0.2, 0) is 0 Å². The number of nitriles is 1. The standard InChI is InChI=1S/C16H15FN2O/c1-11(19-2)14-9-13(17)7-8-16(14)20-15-6-4-3-5-12(15)10-18/h3-9,11,19H,1-2H3. The van der Waals surface area contributed by atoms with E-state index in [4.69, 9.17) is 10.00 Å². The molecule has 1 N–H and O–H groups in total. The van der Waals surface area contributed by atoms with Crippen LogP contribution in [-0.4, -0.2) is 7.05 Å². The summed E-state index contributed by atoms with van der Waals surface area (Å²) in [6.07, 6.45) is 0. The van der Waals surface area contributed by atoms with Gasteiger partial charge in [-0.25, -0.2) is 4.39 Å². The van der Waals surface area contributed by atoms with Gasteiger partial charge in [-0.2, -0.15) is 5.26 Å². The van der Waals surface area contributed by atoms with Crippen molar-refractivity contribution in [3.05, 3.63) is 59.4 Å². The van der Waals surface area contributed by atoms with Crippen LogP contribution in [0.2, 0.25) is 0 Å². The Bertz CT molecular complexity index is 649. The second-order valence-electron chi connectivity index (χ2n) is 4.40. The number of nitrogens with zero attached hydrogens (tertiary/aromatic N) is 1. The summed E-state index contributed by atoms with van der Waals surface area (Å²) in [7, 11) is 1.79. The summed E-state index contributed by atoms with van der Waals surface area (Å²) < 4.78 is 19.2. The average Bonchev–Trinajstić information content (AvgIpc) is 2.48. The smallest absolute Gasteiger partial charge is 0.145 e. The van der Waals surface area contributed by atoms with Crippen LogP contribution in [0.15, 0.2) is 42.5 Å². The van der Waals surface area contributed by atoms with Crippen molar-refractivity contribution in [2.24, 2.45) is 0 Å². The molecular formula is C16H15FN2O. The van der Waals surface area contributed by atoms with E-state index in [0.29, 0.717) is 22.6 Å². The average molecular weight is 270 g/mol. The SMILES string of the molecule is CNC(C)c1cc(F)ccc1Oc1ccccc1C#N. The molecule has 1 atom stereocenters. The van der Waals surface area contributed by atoms with E-state index in [9.17, 15) is 4.39 Å². The molecule has 0 heterocycles. The van der Waals surface area contributed by atoms with Gasteiger partial charge in [-0.3, -0.25) is 0 Å². The second-order valence-corrected chi connectivity index (χ2v) is 4.40. The van der Waals surface area contributed by atoms with Crippen molar-refractivity contribution >= 4 is 0 Å². The number of hydrogen-bond acceptors (Lipinski definition) is 3. The molecular weight excluding hydrogens is 255 g/mol. The van der Waals surface area contributed by atoms with E-state index in [1.807, 2.05) is 6.92 Å². The third-order valence-electron chi connectivity index (χ3n) is 3.10. The van der Waals surface area contributed by atoms with Gasteiger partial charge >= 0.3 is 0 Å². The van der Waals surface area contributed by atoms with Gasteiger partial charge in [-0.05, 0) is 44.3 Å². The molecule has 0 aliphatic heterocycles.